The van der Waals surface area contributed by atoms with Gasteiger partial charge in [0.25, 0.3) is 0 Å². The highest BCUT2D eigenvalue weighted by Crippen LogP contribution is 2.32. The number of fused-ring (bicyclic) bond motifs is 1. The summed E-state index contributed by atoms with van der Waals surface area (Å²) in [6.45, 7) is 4.27. The number of piperazine rings is 1. The van der Waals surface area contributed by atoms with E-state index in [1.54, 1.807) is 17.4 Å². The van der Waals surface area contributed by atoms with Crippen LogP contribution in [0, 0.1) is 11.7 Å². The van der Waals surface area contributed by atoms with Crippen molar-refractivity contribution in [3.8, 4) is 0 Å². The van der Waals surface area contributed by atoms with Gasteiger partial charge in [-0.05, 0) is 42.5 Å². The van der Waals surface area contributed by atoms with Crippen LogP contribution in [0.2, 0.25) is 0 Å². The van der Waals surface area contributed by atoms with Gasteiger partial charge < -0.3 is 14.7 Å². The number of pyridine rings is 1. The van der Waals surface area contributed by atoms with Crippen LogP contribution in [0.4, 0.5) is 15.9 Å². The minimum atomic E-state index is -0.199. The highest BCUT2D eigenvalue weighted by molar-refractivity contribution is 7.17. The molecule has 7 heteroatoms. The molecule has 4 heterocycles. The van der Waals surface area contributed by atoms with Crippen LogP contribution in [0.3, 0.4) is 0 Å². The van der Waals surface area contributed by atoms with Crippen LogP contribution >= 0.6 is 11.3 Å². The number of amides is 1. The van der Waals surface area contributed by atoms with Gasteiger partial charge in [-0.2, -0.15) is 0 Å². The van der Waals surface area contributed by atoms with E-state index in [2.05, 4.69) is 21.3 Å². The molecule has 0 radical (unpaired) electrons. The van der Waals surface area contributed by atoms with Crippen LogP contribution in [0.25, 0.3) is 10.1 Å². The van der Waals surface area contributed by atoms with E-state index < -0.39 is 0 Å². The maximum absolute atomic E-state index is 14.1. The van der Waals surface area contributed by atoms with E-state index in [9.17, 15) is 9.18 Å². The first-order valence-electron chi connectivity index (χ1n) is 10.6. The summed E-state index contributed by atoms with van der Waals surface area (Å²) in [6, 6.07) is 11.0. The van der Waals surface area contributed by atoms with Crippen molar-refractivity contribution in [2.75, 3.05) is 49.1 Å². The Bertz CT molecular complexity index is 1050. The fraction of sp³-hybridized carbons (Fsp3) is 0.391. The second-order valence-corrected chi connectivity index (χ2v) is 8.96. The molecule has 0 saturated carbocycles. The van der Waals surface area contributed by atoms with E-state index in [-0.39, 0.29) is 17.6 Å². The van der Waals surface area contributed by atoms with Gasteiger partial charge >= 0.3 is 0 Å². The Hall–Kier alpha value is -2.67. The van der Waals surface area contributed by atoms with Crippen molar-refractivity contribution < 1.29 is 9.18 Å². The summed E-state index contributed by atoms with van der Waals surface area (Å²) >= 11 is 1.72. The predicted molar refractivity (Wildman–Crippen MR) is 120 cm³/mol. The van der Waals surface area contributed by atoms with Crippen LogP contribution in [-0.2, 0) is 4.79 Å². The highest BCUT2D eigenvalue weighted by Gasteiger charge is 2.32. The zero-order valence-corrected chi connectivity index (χ0v) is 17.7. The Morgan fingerprint density at radius 2 is 1.87 bits per heavy atom. The molecule has 3 aromatic rings. The molecule has 156 valence electrons. The molecule has 1 aromatic carbocycles. The Labute approximate surface area is 179 Å². The van der Waals surface area contributed by atoms with Crippen molar-refractivity contribution in [2.45, 2.75) is 12.8 Å². The average molecular weight is 425 g/mol. The first-order valence-corrected chi connectivity index (χ1v) is 11.4. The number of halogens is 1. The minimum Gasteiger partial charge on any atom is -0.366 e. The Morgan fingerprint density at radius 3 is 2.70 bits per heavy atom. The van der Waals surface area contributed by atoms with Crippen LogP contribution in [-0.4, -0.2) is 55.1 Å². The SMILES string of the molecule is O=C(C1CCCN(c2nccc3sccc23)C1)N1CCN(c2ccccc2F)CC1. The molecule has 2 fully saturated rings. The lowest BCUT2D eigenvalue weighted by Crippen LogP contribution is -2.52. The predicted octanol–water partition coefficient (Wildman–Crippen LogP) is 4.00. The van der Waals surface area contributed by atoms with Gasteiger partial charge in [0.2, 0.25) is 5.91 Å². The summed E-state index contributed by atoms with van der Waals surface area (Å²) in [5.74, 6) is 1.02. The number of carbonyl (C=O) groups excluding carboxylic acids is 1. The average Bonchev–Trinajstić information content (AvgIpc) is 3.28. The molecular formula is C23H25FN4OS. The Kier molecular flexibility index (Phi) is 5.29. The first-order chi connectivity index (χ1) is 14.7. The fourth-order valence-corrected chi connectivity index (χ4v) is 5.41. The summed E-state index contributed by atoms with van der Waals surface area (Å²) < 4.78 is 15.3. The van der Waals surface area contributed by atoms with Gasteiger partial charge in [0, 0.05) is 55.6 Å². The van der Waals surface area contributed by atoms with Gasteiger partial charge in [0.15, 0.2) is 0 Å². The lowest BCUT2D eigenvalue weighted by Gasteiger charge is -2.40. The molecule has 30 heavy (non-hydrogen) atoms. The minimum absolute atomic E-state index is 0.00514. The maximum Gasteiger partial charge on any atom is 0.227 e. The highest BCUT2D eigenvalue weighted by atomic mass is 32.1. The number of carbonyl (C=O) groups is 1. The number of hydrogen-bond acceptors (Lipinski definition) is 5. The maximum atomic E-state index is 14.1. The molecule has 2 saturated heterocycles. The number of anilines is 2. The number of thiophene rings is 1. The molecule has 1 amide bonds. The zero-order valence-electron chi connectivity index (χ0n) is 16.8. The van der Waals surface area contributed by atoms with Crippen LogP contribution < -0.4 is 9.80 Å². The molecule has 2 aliphatic rings. The molecule has 0 aliphatic carbocycles. The van der Waals surface area contributed by atoms with Crippen LogP contribution in [0.1, 0.15) is 12.8 Å². The number of hydrogen-bond donors (Lipinski definition) is 0. The van der Waals surface area contributed by atoms with Gasteiger partial charge in [0.1, 0.15) is 11.6 Å². The van der Waals surface area contributed by atoms with Crippen molar-refractivity contribution >= 4 is 38.8 Å². The van der Waals surface area contributed by atoms with E-state index in [0.717, 1.165) is 25.2 Å². The van der Waals surface area contributed by atoms with Crippen molar-refractivity contribution in [1.82, 2.24) is 9.88 Å². The third-order valence-corrected chi connectivity index (χ3v) is 7.10. The summed E-state index contributed by atoms with van der Waals surface area (Å²) in [5.41, 5.74) is 0.628. The summed E-state index contributed by atoms with van der Waals surface area (Å²) in [7, 11) is 0. The number of para-hydroxylation sites is 1. The van der Waals surface area contributed by atoms with Gasteiger partial charge in [-0.1, -0.05) is 12.1 Å². The van der Waals surface area contributed by atoms with E-state index in [1.165, 1.54) is 16.2 Å². The van der Waals surface area contributed by atoms with Gasteiger partial charge in [-0.15, -0.1) is 11.3 Å². The molecular weight excluding hydrogens is 399 g/mol. The lowest BCUT2D eigenvalue weighted by molar-refractivity contribution is -0.136. The summed E-state index contributed by atoms with van der Waals surface area (Å²) in [5, 5.41) is 3.27. The van der Waals surface area contributed by atoms with Crippen molar-refractivity contribution in [2.24, 2.45) is 5.92 Å². The van der Waals surface area contributed by atoms with E-state index >= 15 is 0 Å². The number of benzene rings is 1. The fourth-order valence-electron chi connectivity index (χ4n) is 4.64. The Balaban J connectivity index is 1.24. The molecule has 5 nitrogen and oxygen atoms in total. The van der Waals surface area contributed by atoms with E-state index in [1.807, 2.05) is 34.2 Å². The monoisotopic (exact) mass is 424 g/mol. The first kappa shape index (κ1) is 19.3. The largest absolute Gasteiger partial charge is 0.366 e. The molecule has 1 unspecified atom stereocenters. The van der Waals surface area contributed by atoms with Crippen LogP contribution in [0.15, 0.2) is 48.0 Å². The number of aromatic nitrogens is 1. The van der Waals surface area contributed by atoms with Gasteiger partial charge in [-0.3, -0.25) is 4.79 Å². The van der Waals surface area contributed by atoms with Gasteiger partial charge in [-0.25, -0.2) is 9.37 Å². The number of piperidine rings is 1. The van der Waals surface area contributed by atoms with E-state index in [0.29, 0.717) is 38.4 Å². The third kappa shape index (κ3) is 3.62. The normalized spacial score (nSPS) is 20.0. The van der Waals surface area contributed by atoms with Crippen molar-refractivity contribution in [3.63, 3.8) is 0 Å². The number of rotatable bonds is 3. The van der Waals surface area contributed by atoms with Gasteiger partial charge in [0.05, 0.1) is 11.6 Å². The topological polar surface area (TPSA) is 39.7 Å². The second-order valence-electron chi connectivity index (χ2n) is 8.02. The Morgan fingerprint density at radius 1 is 1.03 bits per heavy atom. The third-order valence-electron chi connectivity index (χ3n) is 6.21. The number of nitrogens with zero attached hydrogens (tertiary/aromatic N) is 4. The standard InChI is InChI=1S/C23H25FN4OS/c24-19-5-1-2-6-20(19)26-11-13-27(14-12-26)23(29)17-4-3-10-28(16-17)22-18-8-15-30-21(18)7-9-25-22/h1-2,5-9,15,17H,3-4,10-14,16H2. The summed E-state index contributed by atoms with van der Waals surface area (Å²) in [4.78, 5) is 24.1. The molecule has 5 rings (SSSR count). The van der Waals surface area contributed by atoms with Crippen LogP contribution in [0.5, 0.6) is 0 Å². The second kappa shape index (κ2) is 8.22. The molecule has 0 spiro atoms. The molecule has 0 bridgehead atoms. The van der Waals surface area contributed by atoms with Crippen molar-refractivity contribution in [1.29, 1.82) is 0 Å². The van der Waals surface area contributed by atoms with Crippen molar-refractivity contribution in [3.05, 3.63) is 53.8 Å². The lowest BCUT2D eigenvalue weighted by atomic mass is 9.96. The zero-order chi connectivity index (χ0) is 20.5. The molecule has 2 aliphatic heterocycles. The molecule has 2 aromatic heterocycles. The quantitative estimate of drug-likeness (QED) is 0.637. The summed E-state index contributed by atoms with van der Waals surface area (Å²) in [6.07, 6.45) is 3.78. The molecule has 1 atom stereocenters. The molecule has 0 N–H and O–H groups in total. The smallest absolute Gasteiger partial charge is 0.227 e. The van der Waals surface area contributed by atoms with E-state index in [4.69, 9.17) is 0 Å².